The summed E-state index contributed by atoms with van der Waals surface area (Å²) >= 11 is 0. The number of carbonyl (C=O) groups is 1. The molecule has 1 atom stereocenters. The minimum atomic E-state index is -0.800. The van der Waals surface area contributed by atoms with Crippen molar-refractivity contribution in [3.63, 3.8) is 0 Å². The molecule has 0 heterocycles. The van der Waals surface area contributed by atoms with Gasteiger partial charge < -0.3 is 16.2 Å². The van der Waals surface area contributed by atoms with Gasteiger partial charge in [0.05, 0.1) is 6.04 Å². The first kappa shape index (κ1) is 9.54. The van der Waals surface area contributed by atoms with E-state index in [1.165, 1.54) is 0 Å². The Bertz CT molecular complexity index is 274. The number of hydrogen-bond donors (Lipinski definition) is 2. The van der Waals surface area contributed by atoms with E-state index in [1.54, 1.807) is 0 Å². The minimum absolute atomic E-state index is 0.110. The molecule has 0 unspecified atom stereocenters. The van der Waals surface area contributed by atoms with Gasteiger partial charge in [0.25, 0.3) is 0 Å². The summed E-state index contributed by atoms with van der Waals surface area (Å²) in [5, 5.41) is 0. The van der Waals surface area contributed by atoms with E-state index in [1.807, 2.05) is 30.3 Å². The van der Waals surface area contributed by atoms with Gasteiger partial charge in [-0.25, -0.2) is 4.79 Å². The fourth-order valence-electron chi connectivity index (χ4n) is 0.968. The van der Waals surface area contributed by atoms with Gasteiger partial charge >= 0.3 is 6.09 Å². The van der Waals surface area contributed by atoms with Crippen molar-refractivity contribution in [2.24, 2.45) is 11.5 Å². The van der Waals surface area contributed by atoms with Crippen LogP contribution < -0.4 is 11.5 Å². The fourth-order valence-corrected chi connectivity index (χ4v) is 0.968. The lowest BCUT2D eigenvalue weighted by Crippen LogP contribution is -2.22. The second kappa shape index (κ2) is 4.47. The molecule has 1 rings (SSSR count). The first-order chi connectivity index (χ1) is 6.20. The highest BCUT2D eigenvalue weighted by Gasteiger charge is 2.06. The number of nitrogens with two attached hydrogens (primary N) is 2. The van der Waals surface area contributed by atoms with Crippen LogP contribution in [0.25, 0.3) is 0 Å². The lowest BCUT2D eigenvalue weighted by atomic mass is 10.1. The molecule has 4 heteroatoms. The van der Waals surface area contributed by atoms with Gasteiger partial charge in [-0.3, -0.25) is 0 Å². The molecule has 0 spiro atoms. The number of primary amides is 1. The topological polar surface area (TPSA) is 78.3 Å². The number of rotatable bonds is 3. The second-order valence-corrected chi connectivity index (χ2v) is 2.65. The SMILES string of the molecule is NC(=O)OC[C@@H](N)c1ccccc1. The Balaban J connectivity index is 2.49. The number of amides is 1. The van der Waals surface area contributed by atoms with Gasteiger partial charge in [0.2, 0.25) is 0 Å². The molecular weight excluding hydrogens is 168 g/mol. The Hall–Kier alpha value is -1.55. The van der Waals surface area contributed by atoms with Gasteiger partial charge in [0.1, 0.15) is 6.61 Å². The van der Waals surface area contributed by atoms with Crippen molar-refractivity contribution < 1.29 is 9.53 Å². The Morgan fingerprint density at radius 2 is 2.00 bits per heavy atom. The molecule has 70 valence electrons. The highest BCUT2D eigenvalue weighted by molar-refractivity contribution is 5.64. The third-order valence-electron chi connectivity index (χ3n) is 1.63. The van der Waals surface area contributed by atoms with E-state index in [2.05, 4.69) is 4.74 Å². The highest BCUT2D eigenvalue weighted by atomic mass is 16.5. The highest BCUT2D eigenvalue weighted by Crippen LogP contribution is 2.08. The van der Waals surface area contributed by atoms with Crippen molar-refractivity contribution in [1.82, 2.24) is 0 Å². The van der Waals surface area contributed by atoms with Crippen molar-refractivity contribution in [3.05, 3.63) is 35.9 Å². The molecular formula is C9H12N2O2. The first-order valence-electron chi connectivity index (χ1n) is 3.93. The Labute approximate surface area is 76.5 Å². The summed E-state index contributed by atoms with van der Waals surface area (Å²) in [5.74, 6) is 0. The van der Waals surface area contributed by atoms with E-state index < -0.39 is 6.09 Å². The zero-order valence-corrected chi connectivity index (χ0v) is 7.14. The largest absolute Gasteiger partial charge is 0.448 e. The van der Waals surface area contributed by atoms with Crippen molar-refractivity contribution in [3.8, 4) is 0 Å². The lowest BCUT2D eigenvalue weighted by Gasteiger charge is -2.10. The predicted octanol–water partition coefficient (Wildman–Crippen LogP) is 0.782. The number of ether oxygens (including phenoxy) is 1. The molecule has 0 saturated heterocycles. The van der Waals surface area contributed by atoms with Crippen molar-refractivity contribution >= 4 is 6.09 Å². The van der Waals surface area contributed by atoms with Crippen LogP contribution in [0, 0.1) is 0 Å². The predicted molar refractivity (Wildman–Crippen MR) is 48.9 cm³/mol. The van der Waals surface area contributed by atoms with E-state index in [0.717, 1.165) is 5.56 Å². The zero-order chi connectivity index (χ0) is 9.68. The first-order valence-corrected chi connectivity index (χ1v) is 3.93. The molecule has 1 aromatic carbocycles. The van der Waals surface area contributed by atoms with Crippen molar-refractivity contribution in [2.75, 3.05) is 6.61 Å². The molecule has 4 nitrogen and oxygen atoms in total. The summed E-state index contributed by atoms with van der Waals surface area (Å²) in [5.41, 5.74) is 11.4. The molecule has 1 amide bonds. The summed E-state index contributed by atoms with van der Waals surface area (Å²) in [7, 11) is 0. The van der Waals surface area contributed by atoms with Gasteiger partial charge in [-0.2, -0.15) is 0 Å². The third kappa shape index (κ3) is 3.13. The van der Waals surface area contributed by atoms with E-state index >= 15 is 0 Å². The monoisotopic (exact) mass is 180 g/mol. The van der Waals surface area contributed by atoms with Crippen LogP contribution >= 0.6 is 0 Å². The van der Waals surface area contributed by atoms with Crippen LogP contribution in [0.4, 0.5) is 4.79 Å². The average Bonchev–Trinajstić information content (AvgIpc) is 2.15. The lowest BCUT2D eigenvalue weighted by molar-refractivity contribution is 0.149. The molecule has 4 N–H and O–H groups in total. The second-order valence-electron chi connectivity index (χ2n) is 2.65. The molecule has 0 bridgehead atoms. The summed E-state index contributed by atoms with van der Waals surface area (Å²) in [6, 6.07) is 9.07. The molecule has 13 heavy (non-hydrogen) atoms. The average molecular weight is 180 g/mol. The van der Waals surface area contributed by atoms with E-state index in [-0.39, 0.29) is 12.6 Å². The number of benzene rings is 1. The molecule has 0 aliphatic carbocycles. The van der Waals surface area contributed by atoms with Crippen LogP contribution in [0.1, 0.15) is 11.6 Å². The molecule has 0 aromatic heterocycles. The normalized spacial score (nSPS) is 12.1. The smallest absolute Gasteiger partial charge is 0.404 e. The molecule has 0 fully saturated rings. The number of carbonyl (C=O) groups excluding carboxylic acids is 1. The summed E-state index contributed by atoms with van der Waals surface area (Å²) in [6.07, 6.45) is -0.800. The van der Waals surface area contributed by atoms with E-state index in [4.69, 9.17) is 11.5 Å². The van der Waals surface area contributed by atoms with Crippen LogP contribution in [0.15, 0.2) is 30.3 Å². The maximum absolute atomic E-state index is 10.3. The maximum atomic E-state index is 10.3. The zero-order valence-electron chi connectivity index (χ0n) is 7.14. The van der Waals surface area contributed by atoms with Gasteiger partial charge in [-0.15, -0.1) is 0 Å². The van der Waals surface area contributed by atoms with Crippen LogP contribution in [0.2, 0.25) is 0 Å². The summed E-state index contributed by atoms with van der Waals surface area (Å²) in [4.78, 5) is 10.3. The number of hydrogen-bond acceptors (Lipinski definition) is 3. The molecule has 0 saturated carbocycles. The van der Waals surface area contributed by atoms with Crippen molar-refractivity contribution in [1.29, 1.82) is 0 Å². The van der Waals surface area contributed by atoms with Gasteiger partial charge in [-0.05, 0) is 5.56 Å². The van der Waals surface area contributed by atoms with Crippen LogP contribution in [-0.4, -0.2) is 12.7 Å². The van der Waals surface area contributed by atoms with E-state index in [9.17, 15) is 4.79 Å². The molecule has 0 aliphatic heterocycles. The standard InChI is InChI=1S/C9H12N2O2/c10-8(6-13-9(11)12)7-4-2-1-3-5-7/h1-5,8H,6,10H2,(H2,11,12)/t8-/m1/s1. The Morgan fingerprint density at radius 1 is 1.38 bits per heavy atom. The summed E-state index contributed by atoms with van der Waals surface area (Å²) in [6.45, 7) is 0.110. The van der Waals surface area contributed by atoms with Crippen LogP contribution in [0.3, 0.4) is 0 Å². The molecule has 1 aromatic rings. The van der Waals surface area contributed by atoms with Gasteiger partial charge in [0, 0.05) is 0 Å². The Morgan fingerprint density at radius 3 is 2.54 bits per heavy atom. The van der Waals surface area contributed by atoms with Gasteiger partial charge in [-0.1, -0.05) is 30.3 Å². The quantitative estimate of drug-likeness (QED) is 0.721. The minimum Gasteiger partial charge on any atom is -0.448 e. The van der Waals surface area contributed by atoms with Crippen molar-refractivity contribution in [2.45, 2.75) is 6.04 Å². The fraction of sp³-hybridized carbons (Fsp3) is 0.222. The van der Waals surface area contributed by atoms with Crippen LogP contribution in [-0.2, 0) is 4.74 Å². The molecule has 0 radical (unpaired) electrons. The molecule has 0 aliphatic rings. The van der Waals surface area contributed by atoms with E-state index in [0.29, 0.717) is 0 Å². The maximum Gasteiger partial charge on any atom is 0.404 e. The summed E-state index contributed by atoms with van der Waals surface area (Å²) < 4.78 is 4.57. The third-order valence-corrected chi connectivity index (χ3v) is 1.63. The van der Waals surface area contributed by atoms with Crippen LogP contribution in [0.5, 0.6) is 0 Å². The Kier molecular flexibility index (Phi) is 3.28. The van der Waals surface area contributed by atoms with Gasteiger partial charge in [0.15, 0.2) is 0 Å².